The first-order valence-corrected chi connectivity index (χ1v) is 7.86. The Morgan fingerprint density at radius 1 is 1.40 bits per heavy atom. The van der Waals surface area contributed by atoms with Crippen molar-refractivity contribution in [2.45, 2.75) is 31.2 Å². The molecule has 1 aliphatic heterocycles. The third-order valence-corrected chi connectivity index (χ3v) is 4.31. The third kappa shape index (κ3) is 3.84. The summed E-state index contributed by atoms with van der Waals surface area (Å²) < 4.78 is 40.4. The maximum Gasteiger partial charge on any atom is 0.416 e. The van der Waals surface area contributed by atoms with Gasteiger partial charge in [0.25, 0.3) is 0 Å². The molecule has 1 amide bonds. The fourth-order valence-electron chi connectivity index (χ4n) is 3.17. The smallest absolute Gasteiger partial charge is 0.391 e. The highest BCUT2D eigenvalue weighted by Gasteiger charge is 2.37. The van der Waals surface area contributed by atoms with Crippen molar-refractivity contribution in [2.75, 3.05) is 6.54 Å². The molecule has 1 aliphatic rings. The number of aromatic nitrogens is 2. The fourth-order valence-corrected chi connectivity index (χ4v) is 3.17. The lowest BCUT2D eigenvalue weighted by molar-refractivity contribution is -0.137. The van der Waals surface area contributed by atoms with E-state index >= 15 is 0 Å². The Bertz CT molecular complexity index is 772. The van der Waals surface area contributed by atoms with Crippen LogP contribution in [-0.4, -0.2) is 38.3 Å². The third-order valence-electron chi connectivity index (χ3n) is 4.31. The Labute approximate surface area is 142 Å². The van der Waals surface area contributed by atoms with Crippen molar-refractivity contribution in [2.24, 2.45) is 7.05 Å². The number of carbonyl (C=O) groups excluding carboxylic acids is 1. The predicted molar refractivity (Wildman–Crippen MR) is 83.4 cm³/mol. The number of hydrogen-bond donors (Lipinski definition) is 1. The van der Waals surface area contributed by atoms with Gasteiger partial charge in [0.15, 0.2) is 0 Å². The Kier molecular flexibility index (Phi) is 4.55. The molecule has 1 aromatic heterocycles. The van der Waals surface area contributed by atoms with Crippen LogP contribution in [0.5, 0.6) is 0 Å². The number of benzene rings is 1. The molecule has 5 nitrogen and oxygen atoms in total. The van der Waals surface area contributed by atoms with E-state index in [1.165, 1.54) is 11.0 Å². The van der Waals surface area contributed by atoms with Crippen molar-refractivity contribution in [3.05, 3.63) is 53.3 Å². The van der Waals surface area contributed by atoms with Crippen molar-refractivity contribution in [3.63, 3.8) is 0 Å². The Balaban J connectivity index is 1.83. The Hall–Kier alpha value is -2.35. The zero-order valence-electron chi connectivity index (χ0n) is 13.6. The minimum absolute atomic E-state index is 0.0933. The monoisotopic (exact) mass is 353 g/mol. The van der Waals surface area contributed by atoms with Crippen LogP contribution in [0.1, 0.15) is 29.2 Å². The highest BCUT2D eigenvalue weighted by Crippen LogP contribution is 2.36. The molecule has 2 atom stereocenters. The van der Waals surface area contributed by atoms with E-state index in [2.05, 4.69) is 5.10 Å². The van der Waals surface area contributed by atoms with Gasteiger partial charge in [-0.3, -0.25) is 9.48 Å². The van der Waals surface area contributed by atoms with Crippen LogP contribution in [0.15, 0.2) is 36.7 Å². The van der Waals surface area contributed by atoms with Crippen molar-refractivity contribution in [3.8, 4) is 0 Å². The van der Waals surface area contributed by atoms with Crippen molar-refractivity contribution < 1.29 is 23.1 Å². The van der Waals surface area contributed by atoms with E-state index in [0.717, 1.165) is 17.7 Å². The summed E-state index contributed by atoms with van der Waals surface area (Å²) in [6, 6.07) is 4.36. The van der Waals surface area contributed by atoms with Crippen molar-refractivity contribution >= 4 is 5.91 Å². The largest absolute Gasteiger partial charge is 0.416 e. The number of nitrogens with zero attached hydrogens (tertiary/aromatic N) is 3. The fraction of sp³-hybridized carbons (Fsp3) is 0.412. The van der Waals surface area contributed by atoms with Crippen LogP contribution in [0.4, 0.5) is 13.2 Å². The number of carbonyl (C=O) groups is 1. The number of aryl methyl sites for hydroxylation is 1. The summed E-state index contributed by atoms with van der Waals surface area (Å²) in [5.74, 6) is -0.244. The molecule has 0 aliphatic carbocycles. The maximum atomic E-state index is 12.9. The zero-order valence-corrected chi connectivity index (χ0v) is 13.6. The van der Waals surface area contributed by atoms with Gasteiger partial charge in [0.05, 0.1) is 30.3 Å². The number of β-amino-alcohol motifs (C(OH)–C–C–N with tert-alkyl or cyclic N) is 1. The lowest BCUT2D eigenvalue weighted by Crippen LogP contribution is -2.33. The molecule has 2 heterocycles. The van der Waals surface area contributed by atoms with Gasteiger partial charge in [-0.2, -0.15) is 18.3 Å². The van der Waals surface area contributed by atoms with Crippen LogP contribution in [-0.2, 0) is 24.4 Å². The van der Waals surface area contributed by atoms with E-state index in [9.17, 15) is 23.1 Å². The molecule has 2 aromatic rings. The van der Waals surface area contributed by atoms with Crippen LogP contribution in [0.25, 0.3) is 0 Å². The van der Waals surface area contributed by atoms with Gasteiger partial charge in [0.2, 0.25) is 5.91 Å². The second-order valence-corrected chi connectivity index (χ2v) is 6.27. The summed E-state index contributed by atoms with van der Waals surface area (Å²) in [4.78, 5) is 14.0. The van der Waals surface area contributed by atoms with Crippen molar-refractivity contribution in [1.82, 2.24) is 14.7 Å². The molecule has 0 saturated carbocycles. The van der Waals surface area contributed by atoms with Gasteiger partial charge in [-0.15, -0.1) is 0 Å². The molecule has 0 bridgehead atoms. The molecule has 1 saturated heterocycles. The number of alkyl halides is 3. The first-order chi connectivity index (χ1) is 11.7. The number of likely N-dealkylation sites (tertiary alicyclic amines) is 1. The molecule has 0 radical (unpaired) electrons. The number of rotatable bonds is 3. The molecule has 25 heavy (non-hydrogen) atoms. The number of hydrogen-bond acceptors (Lipinski definition) is 3. The summed E-state index contributed by atoms with van der Waals surface area (Å²) in [7, 11) is 1.74. The minimum Gasteiger partial charge on any atom is -0.391 e. The molecule has 1 N–H and O–H groups in total. The normalized spacial score (nSPS) is 20.9. The van der Waals surface area contributed by atoms with E-state index in [0.29, 0.717) is 5.56 Å². The summed E-state index contributed by atoms with van der Waals surface area (Å²) in [6.07, 6.45) is -1.60. The molecular formula is C17H18F3N3O2. The summed E-state index contributed by atoms with van der Waals surface area (Å²) in [5, 5.41) is 13.9. The first kappa shape index (κ1) is 17.5. The number of aliphatic hydroxyl groups excluding tert-OH is 1. The quantitative estimate of drug-likeness (QED) is 0.921. The summed E-state index contributed by atoms with van der Waals surface area (Å²) in [5.41, 5.74) is 0.341. The second-order valence-electron chi connectivity index (χ2n) is 6.27. The van der Waals surface area contributed by atoms with Crippen LogP contribution in [0, 0.1) is 0 Å². The number of aliphatic hydroxyl groups is 1. The van der Waals surface area contributed by atoms with Gasteiger partial charge in [0.1, 0.15) is 0 Å². The van der Waals surface area contributed by atoms with Crippen LogP contribution < -0.4 is 0 Å². The minimum atomic E-state index is -4.45. The lowest BCUT2D eigenvalue weighted by Gasteiger charge is -2.25. The summed E-state index contributed by atoms with van der Waals surface area (Å²) >= 11 is 0. The van der Waals surface area contributed by atoms with E-state index in [4.69, 9.17) is 0 Å². The first-order valence-electron chi connectivity index (χ1n) is 7.86. The number of halogens is 3. The molecule has 134 valence electrons. The highest BCUT2D eigenvalue weighted by molar-refractivity contribution is 5.79. The molecule has 1 aromatic carbocycles. The zero-order chi connectivity index (χ0) is 18.2. The van der Waals surface area contributed by atoms with Gasteiger partial charge in [-0.05, 0) is 29.7 Å². The Morgan fingerprint density at radius 3 is 2.80 bits per heavy atom. The average molecular weight is 353 g/mol. The average Bonchev–Trinajstić information content (AvgIpc) is 3.12. The molecule has 1 fully saturated rings. The van der Waals surface area contributed by atoms with Gasteiger partial charge in [-0.25, -0.2) is 0 Å². The molecule has 0 unspecified atom stereocenters. The lowest BCUT2D eigenvalue weighted by atomic mass is 10.0. The summed E-state index contributed by atoms with van der Waals surface area (Å²) in [6.45, 7) is 0.111. The topological polar surface area (TPSA) is 58.4 Å². The van der Waals surface area contributed by atoms with E-state index in [1.807, 2.05) is 0 Å². The molecular weight excluding hydrogens is 335 g/mol. The number of amides is 1. The van der Waals surface area contributed by atoms with Gasteiger partial charge < -0.3 is 10.0 Å². The highest BCUT2D eigenvalue weighted by atomic mass is 19.4. The molecule has 0 spiro atoms. The van der Waals surface area contributed by atoms with Gasteiger partial charge in [-0.1, -0.05) is 12.1 Å². The Morgan fingerprint density at radius 2 is 2.16 bits per heavy atom. The molecule has 8 heteroatoms. The van der Waals surface area contributed by atoms with E-state index < -0.39 is 23.9 Å². The van der Waals surface area contributed by atoms with Crippen LogP contribution in [0.3, 0.4) is 0 Å². The van der Waals surface area contributed by atoms with E-state index in [1.54, 1.807) is 30.2 Å². The van der Waals surface area contributed by atoms with Gasteiger partial charge >= 0.3 is 6.18 Å². The van der Waals surface area contributed by atoms with Crippen molar-refractivity contribution in [1.29, 1.82) is 0 Å². The molecule has 3 rings (SSSR count). The SMILES string of the molecule is Cn1cc(CC(=O)N2C[C@H](O)C[C@H]2c2cccc(C(F)(F)F)c2)cn1. The van der Waals surface area contributed by atoms with Crippen LogP contribution >= 0.6 is 0 Å². The second kappa shape index (κ2) is 6.51. The van der Waals surface area contributed by atoms with E-state index in [-0.39, 0.29) is 25.3 Å². The van der Waals surface area contributed by atoms with Crippen LogP contribution in [0.2, 0.25) is 0 Å². The van der Waals surface area contributed by atoms with Gasteiger partial charge in [0, 0.05) is 19.8 Å². The predicted octanol–water partition coefficient (Wildman–Crippen LogP) is 2.32. The maximum absolute atomic E-state index is 12.9. The standard InChI is InChI=1S/C17H18F3N3O2/c1-22-9-11(8-21-22)5-16(25)23-10-14(24)7-15(23)12-3-2-4-13(6-12)17(18,19)20/h2-4,6,8-9,14-15,24H,5,7,10H2,1H3/t14-,15+/m1/s1.